The second kappa shape index (κ2) is 9.25. The van der Waals surface area contributed by atoms with Gasteiger partial charge in [-0.2, -0.15) is 0 Å². The van der Waals surface area contributed by atoms with Crippen LogP contribution in [0.15, 0.2) is 35.0 Å². The van der Waals surface area contributed by atoms with Gasteiger partial charge in [0.15, 0.2) is 11.4 Å². The number of hydrogen-bond donors (Lipinski definition) is 1. The third-order valence-electron chi connectivity index (χ3n) is 6.67. The van der Waals surface area contributed by atoms with Crippen LogP contribution in [0.25, 0.3) is 22.1 Å². The molecule has 9 nitrogen and oxygen atoms in total. The molecule has 2 fully saturated rings. The summed E-state index contributed by atoms with van der Waals surface area (Å²) in [6.07, 6.45) is 4.36. The molecule has 0 bridgehead atoms. The Morgan fingerprint density at radius 3 is 2.61 bits per heavy atom. The number of hydrogen-bond acceptors (Lipinski definition) is 7. The third kappa shape index (κ3) is 4.31. The molecule has 0 spiro atoms. The average Bonchev–Trinajstić information content (AvgIpc) is 3.24. The number of amides is 2. The van der Waals surface area contributed by atoms with Crippen molar-refractivity contribution in [3.05, 3.63) is 30.6 Å². The van der Waals surface area contributed by atoms with E-state index >= 15 is 0 Å². The first-order valence-corrected chi connectivity index (χ1v) is 11.7. The fourth-order valence-corrected chi connectivity index (χ4v) is 4.83. The first kappa shape index (κ1) is 21.5. The highest BCUT2D eigenvalue weighted by molar-refractivity contribution is 6.05. The summed E-state index contributed by atoms with van der Waals surface area (Å²) < 4.78 is 11.1. The topological polar surface area (TPSA) is 101 Å². The molecule has 4 heterocycles. The lowest BCUT2D eigenvalue weighted by molar-refractivity contribution is -0.126. The summed E-state index contributed by atoms with van der Waals surface area (Å²) in [5, 5.41) is 4.19. The molecule has 2 amide bonds. The number of ether oxygens (including phenoxy) is 1. The normalized spacial score (nSPS) is 18.1. The van der Waals surface area contributed by atoms with Crippen molar-refractivity contribution in [1.82, 2.24) is 20.2 Å². The van der Waals surface area contributed by atoms with E-state index in [9.17, 15) is 9.59 Å². The van der Waals surface area contributed by atoms with Crippen molar-refractivity contribution in [1.29, 1.82) is 0 Å². The maximum Gasteiger partial charge on any atom is 0.409 e. The molecule has 0 unspecified atom stereocenters. The minimum Gasteiger partial charge on any atom is -0.450 e. The summed E-state index contributed by atoms with van der Waals surface area (Å²) >= 11 is 0. The summed E-state index contributed by atoms with van der Waals surface area (Å²) in [7, 11) is 0. The van der Waals surface area contributed by atoms with Crippen molar-refractivity contribution in [2.24, 2.45) is 5.92 Å². The number of aromatic nitrogens is 2. The van der Waals surface area contributed by atoms with Crippen molar-refractivity contribution < 1.29 is 18.7 Å². The Kier molecular flexibility index (Phi) is 6.02. The summed E-state index contributed by atoms with van der Waals surface area (Å²) in [6, 6.07) is 7.98. The van der Waals surface area contributed by atoms with Gasteiger partial charge >= 0.3 is 6.09 Å². The molecule has 3 aromatic rings. The number of piperidine rings is 2. The molecule has 1 aromatic carbocycles. The van der Waals surface area contributed by atoms with Crippen molar-refractivity contribution in [2.45, 2.75) is 38.6 Å². The molecule has 9 heteroatoms. The van der Waals surface area contributed by atoms with Gasteiger partial charge < -0.3 is 24.3 Å². The van der Waals surface area contributed by atoms with E-state index in [0.29, 0.717) is 25.3 Å². The van der Waals surface area contributed by atoms with Crippen LogP contribution in [0.1, 0.15) is 32.6 Å². The van der Waals surface area contributed by atoms with Gasteiger partial charge in [0, 0.05) is 43.5 Å². The first-order valence-electron chi connectivity index (χ1n) is 11.7. The van der Waals surface area contributed by atoms with Crippen molar-refractivity contribution >= 4 is 39.9 Å². The smallest absolute Gasteiger partial charge is 0.409 e. The van der Waals surface area contributed by atoms with Crippen LogP contribution >= 0.6 is 0 Å². The maximum absolute atomic E-state index is 12.9. The molecule has 0 atom stereocenters. The van der Waals surface area contributed by atoms with Crippen LogP contribution in [0.2, 0.25) is 0 Å². The number of furan rings is 1. The molecule has 1 N–H and O–H groups in total. The molecule has 174 valence electrons. The van der Waals surface area contributed by atoms with E-state index in [2.05, 4.69) is 20.2 Å². The van der Waals surface area contributed by atoms with E-state index in [1.165, 1.54) is 0 Å². The number of benzene rings is 1. The molecule has 2 aromatic heterocycles. The molecule has 5 rings (SSSR count). The van der Waals surface area contributed by atoms with Gasteiger partial charge in [0.1, 0.15) is 17.4 Å². The number of carbonyl (C=O) groups is 2. The Labute approximate surface area is 192 Å². The standard InChI is InChI=1S/C24H29N5O4/c1-2-32-24(31)29-13-9-17(10-14-29)27-23(30)16-7-11-28(12-8-16)22-21-20(25-15-26-22)18-5-3-4-6-19(18)33-21/h3-6,15-17H,2,7-14H2,1H3,(H,27,30). The van der Waals surface area contributed by atoms with Gasteiger partial charge in [-0.15, -0.1) is 0 Å². The van der Waals surface area contributed by atoms with Crippen LogP contribution in [0, 0.1) is 5.92 Å². The van der Waals surface area contributed by atoms with Gasteiger partial charge in [-0.05, 0) is 44.7 Å². The minimum atomic E-state index is -0.266. The second-order valence-corrected chi connectivity index (χ2v) is 8.70. The average molecular weight is 452 g/mol. The van der Waals surface area contributed by atoms with E-state index in [4.69, 9.17) is 9.15 Å². The Hall–Kier alpha value is -3.36. The van der Waals surface area contributed by atoms with Crippen molar-refractivity contribution in [3.8, 4) is 0 Å². The van der Waals surface area contributed by atoms with Gasteiger partial charge in [0.05, 0.1) is 6.61 Å². The number of fused-ring (bicyclic) bond motifs is 3. The molecule has 2 aliphatic rings. The quantitative estimate of drug-likeness (QED) is 0.649. The van der Waals surface area contributed by atoms with Crippen molar-refractivity contribution in [3.63, 3.8) is 0 Å². The van der Waals surface area contributed by atoms with Crippen LogP contribution in [-0.4, -0.2) is 65.7 Å². The summed E-state index contributed by atoms with van der Waals surface area (Å²) in [5.74, 6) is 0.888. The monoisotopic (exact) mass is 451 g/mol. The number of anilines is 1. The predicted molar refractivity (Wildman–Crippen MR) is 124 cm³/mol. The molecule has 2 aliphatic heterocycles. The fraction of sp³-hybridized carbons (Fsp3) is 0.500. The van der Waals surface area contributed by atoms with E-state index < -0.39 is 0 Å². The largest absolute Gasteiger partial charge is 0.450 e. The lowest BCUT2D eigenvalue weighted by Gasteiger charge is -2.35. The summed E-state index contributed by atoms with van der Waals surface area (Å²) in [4.78, 5) is 37.6. The Bertz CT molecular complexity index is 1150. The number of nitrogens with one attached hydrogen (secondary N) is 1. The zero-order chi connectivity index (χ0) is 22.8. The number of nitrogens with zero attached hydrogens (tertiary/aromatic N) is 4. The predicted octanol–water partition coefficient (Wildman–Crippen LogP) is 3.33. The van der Waals surface area contributed by atoms with Gasteiger partial charge in [-0.1, -0.05) is 12.1 Å². The molecule has 0 saturated carbocycles. The number of carbonyl (C=O) groups excluding carboxylic acids is 2. The highest BCUT2D eigenvalue weighted by Gasteiger charge is 2.30. The first-order chi connectivity index (χ1) is 16.1. The minimum absolute atomic E-state index is 0.0164. The third-order valence-corrected chi connectivity index (χ3v) is 6.67. The van der Waals surface area contributed by atoms with E-state index in [1.807, 2.05) is 24.3 Å². The van der Waals surface area contributed by atoms with Crippen LogP contribution in [0.5, 0.6) is 0 Å². The van der Waals surface area contributed by atoms with Gasteiger partial charge in [0.2, 0.25) is 5.91 Å². The maximum atomic E-state index is 12.9. The number of rotatable bonds is 4. The molecule has 33 heavy (non-hydrogen) atoms. The molecule has 0 aliphatic carbocycles. The lowest BCUT2D eigenvalue weighted by Crippen LogP contribution is -2.49. The van der Waals surface area contributed by atoms with E-state index in [-0.39, 0.29) is 24.0 Å². The Morgan fingerprint density at radius 1 is 1.09 bits per heavy atom. The summed E-state index contributed by atoms with van der Waals surface area (Å²) in [6.45, 7) is 4.89. The van der Waals surface area contributed by atoms with E-state index in [1.54, 1.807) is 18.2 Å². The Balaban J connectivity index is 1.17. The number of likely N-dealkylation sites (tertiary alicyclic amines) is 1. The summed E-state index contributed by atoms with van der Waals surface area (Å²) in [5.41, 5.74) is 2.33. The fourth-order valence-electron chi connectivity index (χ4n) is 4.83. The zero-order valence-electron chi connectivity index (χ0n) is 18.8. The highest BCUT2D eigenvalue weighted by atomic mass is 16.6. The highest BCUT2D eigenvalue weighted by Crippen LogP contribution is 2.33. The zero-order valence-corrected chi connectivity index (χ0v) is 18.8. The second-order valence-electron chi connectivity index (χ2n) is 8.70. The SMILES string of the molecule is CCOC(=O)N1CCC(NC(=O)C2CCN(c3ncnc4c3oc3ccccc34)CC2)CC1. The molecular formula is C24H29N5O4. The molecule has 2 saturated heterocycles. The van der Waals surface area contributed by atoms with Crippen molar-refractivity contribution in [2.75, 3.05) is 37.7 Å². The van der Waals surface area contributed by atoms with Crippen LogP contribution < -0.4 is 10.2 Å². The molecular weight excluding hydrogens is 422 g/mol. The van der Waals surface area contributed by atoms with Gasteiger partial charge in [0.25, 0.3) is 0 Å². The number of para-hydroxylation sites is 1. The molecule has 0 radical (unpaired) electrons. The van der Waals surface area contributed by atoms with Gasteiger partial charge in [-0.3, -0.25) is 4.79 Å². The van der Waals surface area contributed by atoms with E-state index in [0.717, 1.165) is 61.1 Å². The van der Waals surface area contributed by atoms with Crippen LogP contribution in [0.4, 0.5) is 10.6 Å². The van der Waals surface area contributed by atoms with Crippen LogP contribution in [0.3, 0.4) is 0 Å². The Morgan fingerprint density at radius 2 is 1.85 bits per heavy atom. The lowest BCUT2D eigenvalue weighted by atomic mass is 9.94. The van der Waals surface area contributed by atoms with Gasteiger partial charge in [-0.25, -0.2) is 14.8 Å². The van der Waals surface area contributed by atoms with Crippen LogP contribution in [-0.2, 0) is 9.53 Å².